The molecule has 0 radical (unpaired) electrons. The van der Waals surface area contributed by atoms with Crippen LogP contribution in [0.3, 0.4) is 0 Å². The van der Waals surface area contributed by atoms with Crippen molar-refractivity contribution in [3.8, 4) is 0 Å². The maximum atomic E-state index is 2.41. The van der Waals surface area contributed by atoms with Crippen molar-refractivity contribution in [2.45, 2.75) is 98.8 Å². The Hall–Kier alpha value is 0. The minimum Gasteiger partial charge on any atom is -0.0654 e. The summed E-state index contributed by atoms with van der Waals surface area (Å²) in [5.41, 5.74) is 0. The second-order valence-corrected chi connectivity index (χ2v) is 6.63. The fraction of sp³-hybridized carbons (Fsp3) is 1.00. The molecular formula is C18H38. The van der Waals surface area contributed by atoms with Gasteiger partial charge < -0.3 is 0 Å². The van der Waals surface area contributed by atoms with Gasteiger partial charge in [0.1, 0.15) is 0 Å². The van der Waals surface area contributed by atoms with Crippen molar-refractivity contribution in [1.29, 1.82) is 0 Å². The third-order valence-electron chi connectivity index (χ3n) is 4.70. The van der Waals surface area contributed by atoms with Gasteiger partial charge in [-0.2, -0.15) is 0 Å². The summed E-state index contributed by atoms with van der Waals surface area (Å²) in [6.45, 7) is 11.8. The van der Waals surface area contributed by atoms with Crippen molar-refractivity contribution >= 4 is 0 Å². The molecule has 0 aliphatic heterocycles. The van der Waals surface area contributed by atoms with Crippen LogP contribution >= 0.6 is 0 Å². The predicted molar refractivity (Wildman–Crippen MR) is 85.0 cm³/mol. The van der Waals surface area contributed by atoms with Crippen LogP contribution in [0.15, 0.2) is 0 Å². The zero-order chi connectivity index (χ0) is 13.8. The van der Waals surface area contributed by atoms with E-state index >= 15 is 0 Å². The molecular weight excluding hydrogens is 216 g/mol. The number of rotatable bonds is 12. The average molecular weight is 255 g/mol. The summed E-state index contributed by atoms with van der Waals surface area (Å²) in [7, 11) is 0. The van der Waals surface area contributed by atoms with E-state index in [-0.39, 0.29) is 0 Å². The maximum Gasteiger partial charge on any atom is -0.0417 e. The smallest absolute Gasteiger partial charge is 0.0417 e. The van der Waals surface area contributed by atoms with Gasteiger partial charge in [-0.25, -0.2) is 0 Å². The number of hydrogen-bond acceptors (Lipinski definition) is 0. The summed E-state index contributed by atoms with van der Waals surface area (Å²) in [6.07, 6.45) is 14.4. The van der Waals surface area contributed by atoms with Crippen LogP contribution in [0.2, 0.25) is 0 Å². The van der Waals surface area contributed by atoms with Crippen molar-refractivity contribution in [3.63, 3.8) is 0 Å². The predicted octanol–water partition coefficient (Wildman–Crippen LogP) is 6.84. The molecule has 0 nitrogen and oxygen atoms in total. The molecule has 0 aromatic heterocycles. The highest BCUT2D eigenvalue weighted by Gasteiger charge is 2.09. The van der Waals surface area contributed by atoms with Crippen LogP contribution in [0.4, 0.5) is 0 Å². The third-order valence-corrected chi connectivity index (χ3v) is 4.70. The Morgan fingerprint density at radius 1 is 0.667 bits per heavy atom. The molecule has 2 atom stereocenters. The van der Waals surface area contributed by atoms with Gasteiger partial charge in [0, 0.05) is 0 Å². The minimum atomic E-state index is 0.862. The highest BCUT2D eigenvalue weighted by molar-refractivity contribution is 4.61. The van der Waals surface area contributed by atoms with Gasteiger partial charge in [-0.05, 0) is 17.8 Å². The highest BCUT2D eigenvalue weighted by Crippen LogP contribution is 2.23. The third kappa shape index (κ3) is 9.97. The second-order valence-electron chi connectivity index (χ2n) is 6.63. The first-order valence-electron chi connectivity index (χ1n) is 8.61. The van der Waals surface area contributed by atoms with Gasteiger partial charge in [0.25, 0.3) is 0 Å². The molecule has 0 aromatic rings. The Morgan fingerprint density at radius 3 is 1.72 bits per heavy atom. The Bertz CT molecular complexity index is 159. The first-order chi connectivity index (χ1) is 8.61. The fourth-order valence-corrected chi connectivity index (χ4v) is 2.65. The standard InChI is InChI=1S/C18H38/c1-6-8-9-10-14-18(7-2)15-12-11-13-17(5)16(3)4/h16-18H,6-15H2,1-5H3. The molecule has 0 amide bonds. The van der Waals surface area contributed by atoms with E-state index in [0.717, 1.165) is 17.8 Å². The molecule has 110 valence electrons. The summed E-state index contributed by atoms with van der Waals surface area (Å²) in [5.74, 6) is 2.78. The lowest BCUT2D eigenvalue weighted by Gasteiger charge is -2.17. The summed E-state index contributed by atoms with van der Waals surface area (Å²) >= 11 is 0. The first kappa shape index (κ1) is 18.0. The van der Waals surface area contributed by atoms with Crippen LogP contribution in [-0.2, 0) is 0 Å². The molecule has 0 bridgehead atoms. The molecule has 18 heavy (non-hydrogen) atoms. The van der Waals surface area contributed by atoms with Crippen molar-refractivity contribution < 1.29 is 0 Å². The zero-order valence-corrected chi connectivity index (χ0v) is 13.8. The first-order valence-corrected chi connectivity index (χ1v) is 8.61. The van der Waals surface area contributed by atoms with E-state index in [1.54, 1.807) is 0 Å². The molecule has 0 fully saturated rings. The van der Waals surface area contributed by atoms with E-state index in [1.165, 1.54) is 64.2 Å². The van der Waals surface area contributed by atoms with Crippen LogP contribution in [0, 0.1) is 17.8 Å². The van der Waals surface area contributed by atoms with E-state index in [0.29, 0.717) is 0 Å². The van der Waals surface area contributed by atoms with Crippen LogP contribution in [0.25, 0.3) is 0 Å². The van der Waals surface area contributed by atoms with Crippen LogP contribution in [0.5, 0.6) is 0 Å². The van der Waals surface area contributed by atoms with Gasteiger partial charge in [-0.1, -0.05) is 98.8 Å². The van der Waals surface area contributed by atoms with Crippen LogP contribution in [-0.4, -0.2) is 0 Å². The molecule has 0 spiro atoms. The van der Waals surface area contributed by atoms with Gasteiger partial charge >= 0.3 is 0 Å². The Morgan fingerprint density at radius 2 is 1.22 bits per heavy atom. The zero-order valence-electron chi connectivity index (χ0n) is 13.8. The van der Waals surface area contributed by atoms with Crippen LogP contribution in [0.1, 0.15) is 98.8 Å². The summed E-state index contributed by atoms with van der Waals surface area (Å²) in [6, 6.07) is 0. The molecule has 0 aliphatic carbocycles. The van der Waals surface area contributed by atoms with E-state index in [4.69, 9.17) is 0 Å². The minimum absolute atomic E-state index is 0.862. The van der Waals surface area contributed by atoms with Gasteiger partial charge in [-0.15, -0.1) is 0 Å². The summed E-state index contributed by atoms with van der Waals surface area (Å²) < 4.78 is 0. The van der Waals surface area contributed by atoms with Gasteiger partial charge in [-0.3, -0.25) is 0 Å². The van der Waals surface area contributed by atoms with Crippen molar-refractivity contribution in [1.82, 2.24) is 0 Å². The molecule has 0 aromatic carbocycles. The van der Waals surface area contributed by atoms with Gasteiger partial charge in [0.05, 0.1) is 0 Å². The topological polar surface area (TPSA) is 0 Å². The molecule has 0 rings (SSSR count). The van der Waals surface area contributed by atoms with E-state index in [1.807, 2.05) is 0 Å². The quantitative estimate of drug-likeness (QED) is 0.335. The van der Waals surface area contributed by atoms with E-state index in [9.17, 15) is 0 Å². The van der Waals surface area contributed by atoms with Crippen molar-refractivity contribution in [2.75, 3.05) is 0 Å². The Labute approximate surface area is 117 Å². The summed E-state index contributed by atoms with van der Waals surface area (Å²) in [4.78, 5) is 0. The normalized spacial score (nSPS) is 15.0. The highest BCUT2D eigenvalue weighted by atomic mass is 14.1. The maximum absolute atomic E-state index is 2.41. The monoisotopic (exact) mass is 254 g/mol. The Kier molecular flexibility index (Phi) is 12.1. The largest absolute Gasteiger partial charge is 0.0654 e. The van der Waals surface area contributed by atoms with Gasteiger partial charge in [0.2, 0.25) is 0 Å². The van der Waals surface area contributed by atoms with E-state index < -0.39 is 0 Å². The lowest BCUT2D eigenvalue weighted by atomic mass is 9.89. The van der Waals surface area contributed by atoms with Crippen molar-refractivity contribution in [3.05, 3.63) is 0 Å². The second kappa shape index (κ2) is 12.1. The SMILES string of the molecule is CCCCCCC(CC)CCCCC(C)C(C)C. The number of hydrogen-bond donors (Lipinski definition) is 0. The van der Waals surface area contributed by atoms with Crippen LogP contribution < -0.4 is 0 Å². The fourth-order valence-electron chi connectivity index (χ4n) is 2.65. The molecule has 0 heterocycles. The van der Waals surface area contributed by atoms with Gasteiger partial charge in [0.15, 0.2) is 0 Å². The molecule has 0 N–H and O–H groups in total. The number of unbranched alkanes of at least 4 members (excludes halogenated alkanes) is 4. The molecule has 0 aliphatic rings. The lowest BCUT2D eigenvalue weighted by Crippen LogP contribution is -2.04. The summed E-state index contributed by atoms with van der Waals surface area (Å²) in [5, 5.41) is 0. The lowest BCUT2D eigenvalue weighted by molar-refractivity contribution is 0.352. The molecule has 0 saturated heterocycles. The molecule has 2 unspecified atom stereocenters. The molecule has 0 saturated carbocycles. The van der Waals surface area contributed by atoms with E-state index in [2.05, 4.69) is 34.6 Å². The molecule has 0 heteroatoms. The van der Waals surface area contributed by atoms with Crippen molar-refractivity contribution in [2.24, 2.45) is 17.8 Å². The average Bonchev–Trinajstić information content (AvgIpc) is 2.36. The Balaban J connectivity index is 3.49.